The molecule has 88 valence electrons. The van der Waals surface area contributed by atoms with Gasteiger partial charge in [-0.05, 0) is 25.5 Å². The number of esters is 1. The summed E-state index contributed by atoms with van der Waals surface area (Å²) in [5.41, 5.74) is 2.00. The van der Waals surface area contributed by atoms with Gasteiger partial charge in [0.25, 0.3) is 0 Å². The van der Waals surface area contributed by atoms with Crippen molar-refractivity contribution in [1.82, 2.24) is 10.1 Å². The number of hydrogen-bond acceptors (Lipinski definition) is 5. The fourth-order valence-corrected chi connectivity index (χ4v) is 1.45. The first-order valence-corrected chi connectivity index (χ1v) is 5.27. The summed E-state index contributed by atoms with van der Waals surface area (Å²) in [5.74, 6) is 0.0576. The minimum absolute atomic E-state index is 0.179. The van der Waals surface area contributed by atoms with E-state index in [0.29, 0.717) is 12.4 Å². The molecular weight excluding hydrogens is 220 g/mol. The molecule has 0 N–H and O–H groups in total. The molecule has 5 heteroatoms. The third-order valence-electron chi connectivity index (χ3n) is 2.28. The van der Waals surface area contributed by atoms with Gasteiger partial charge in [-0.2, -0.15) is 0 Å². The quantitative estimate of drug-likeness (QED) is 0.759. The molecule has 17 heavy (non-hydrogen) atoms. The molecule has 0 aliphatic carbocycles. The molecule has 0 radical (unpaired) electrons. The van der Waals surface area contributed by atoms with Gasteiger partial charge in [-0.25, -0.2) is 4.79 Å². The Bertz CT molecular complexity index is 534. The van der Waals surface area contributed by atoms with Crippen molar-refractivity contribution in [2.75, 3.05) is 6.61 Å². The van der Waals surface area contributed by atoms with Crippen molar-refractivity contribution in [2.45, 2.75) is 13.8 Å². The Balaban J connectivity index is 2.30. The van der Waals surface area contributed by atoms with E-state index < -0.39 is 5.97 Å². The maximum Gasteiger partial charge on any atom is 0.360 e. The topological polar surface area (TPSA) is 65.2 Å². The normalized spacial score (nSPS) is 10.2. The maximum atomic E-state index is 11.4. The van der Waals surface area contributed by atoms with Gasteiger partial charge in [0.1, 0.15) is 0 Å². The van der Waals surface area contributed by atoms with E-state index in [1.54, 1.807) is 25.4 Å². The van der Waals surface area contributed by atoms with Crippen LogP contribution in [0.3, 0.4) is 0 Å². The lowest BCUT2D eigenvalue weighted by Crippen LogP contribution is -2.04. The molecule has 5 nitrogen and oxygen atoms in total. The van der Waals surface area contributed by atoms with Crippen LogP contribution in [0.15, 0.2) is 29.0 Å². The van der Waals surface area contributed by atoms with Gasteiger partial charge in [0.15, 0.2) is 11.5 Å². The highest BCUT2D eigenvalue weighted by molar-refractivity contribution is 5.88. The summed E-state index contributed by atoms with van der Waals surface area (Å²) in [6.07, 6.45) is 3.39. The number of rotatable bonds is 3. The summed E-state index contributed by atoms with van der Waals surface area (Å²) in [4.78, 5) is 15.4. The zero-order valence-electron chi connectivity index (χ0n) is 9.64. The monoisotopic (exact) mass is 232 g/mol. The van der Waals surface area contributed by atoms with E-state index >= 15 is 0 Å². The second-order valence-corrected chi connectivity index (χ2v) is 3.49. The van der Waals surface area contributed by atoms with Crippen LogP contribution < -0.4 is 0 Å². The third kappa shape index (κ3) is 2.33. The Hall–Kier alpha value is -2.17. The van der Waals surface area contributed by atoms with Crippen LogP contribution in [-0.2, 0) is 4.74 Å². The Morgan fingerprint density at radius 3 is 3.06 bits per heavy atom. The lowest BCUT2D eigenvalue weighted by Gasteiger charge is -1.98. The molecule has 0 aliphatic heterocycles. The van der Waals surface area contributed by atoms with Crippen LogP contribution >= 0.6 is 0 Å². The van der Waals surface area contributed by atoms with E-state index in [9.17, 15) is 4.79 Å². The number of carbonyl (C=O) groups excluding carboxylic acids is 1. The third-order valence-corrected chi connectivity index (χ3v) is 2.28. The van der Waals surface area contributed by atoms with Crippen LogP contribution in [0.2, 0.25) is 0 Å². The van der Waals surface area contributed by atoms with Crippen molar-refractivity contribution in [3.63, 3.8) is 0 Å². The molecule has 0 fully saturated rings. The zero-order valence-corrected chi connectivity index (χ0v) is 9.64. The summed E-state index contributed by atoms with van der Waals surface area (Å²) in [6.45, 7) is 3.97. The second-order valence-electron chi connectivity index (χ2n) is 3.49. The fourth-order valence-electron chi connectivity index (χ4n) is 1.45. The first-order chi connectivity index (χ1) is 8.22. The van der Waals surface area contributed by atoms with E-state index in [1.165, 1.54) is 0 Å². The number of nitrogens with zero attached hydrogens (tertiary/aromatic N) is 2. The van der Waals surface area contributed by atoms with Crippen molar-refractivity contribution in [1.29, 1.82) is 0 Å². The van der Waals surface area contributed by atoms with E-state index in [4.69, 9.17) is 9.26 Å². The largest absolute Gasteiger partial charge is 0.461 e. The first-order valence-electron chi connectivity index (χ1n) is 5.27. The molecule has 0 saturated heterocycles. The van der Waals surface area contributed by atoms with Gasteiger partial charge < -0.3 is 9.26 Å². The Labute approximate surface area is 98.4 Å². The van der Waals surface area contributed by atoms with Gasteiger partial charge in [0, 0.05) is 24.0 Å². The van der Waals surface area contributed by atoms with Crippen molar-refractivity contribution in [2.24, 2.45) is 0 Å². The molecule has 0 aliphatic rings. The highest BCUT2D eigenvalue weighted by Gasteiger charge is 2.15. The molecule has 0 spiro atoms. The molecule has 2 aromatic rings. The predicted molar refractivity (Wildman–Crippen MR) is 60.4 cm³/mol. The number of carbonyl (C=O) groups is 1. The lowest BCUT2D eigenvalue weighted by molar-refractivity contribution is 0.0514. The van der Waals surface area contributed by atoms with Crippen LogP contribution in [-0.4, -0.2) is 22.7 Å². The van der Waals surface area contributed by atoms with Crippen molar-refractivity contribution < 1.29 is 14.1 Å². The van der Waals surface area contributed by atoms with Crippen LogP contribution in [0, 0.1) is 6.92 Å². The predicted octanol–water partition coefficient (Wildman–Crippen LogP) is 2.22. The van der Waals surface area contributed by atoms with Gasteiger partial charge in [0.2, 0.25) is 0 Å². The fraction of sp³-hybridized carbons (Fsp3) is 0.250. The average Bonchev–Trinajstić information content (AvgIpc) is 2.79. The number of aromatic nitrogens is 2. The first kappa shape index (κ1) is 11.3. The van der Waals surface area contributed by atoms with E-state index in [-0.39, 0.29) is 5.69 Å². The minimum Gasteiger partial charge on any atom is -0.461 e. The average molecular weight is 232 g/mol. The van der Waals surface area contributed by atoms with E-state index in [2.05, 4.69) is 10.1 Å². The summed E-state index contributed by atoms with van der Waals surface area (Å²) in [6, 6.07) is 3.38. The smallest absolute Gasteiger partial charge is 0.360 e. The number of ether oxygens (including phenoxy) is 1. The number of aryl methyl sites for hydroxylation is 1. The Morgan fingerprint density at radius 1 is 1.53 bits per heavy atom. The highest BCUT2D eigenvalue weighted by Crippen LogP contribution is 2.23. The van der Waals surface area contributed by atoms with Gasteiger partial charge >= 0.3 is 5.97 Å². The molecule has 2 rings (SSSR count). The highest BCUT2D eigenvalue weighted by atomic mass is 16.5. The molecule has 0 amide bonds. The summed E-state index contributed by atoms with van der Waals surface area (Å²) >= 11 is 0. The molecular formula is C12H12N2O3. The van der Waals surface area contributed by atoms with Gasteiger partial charge in [-0.1, -0.05) is 5.16 Å². The van der Waals surface area contributed by atoms with Crippen molar-refractivity contribution >= 4 is 5.97 Å². The standard InChI is InChI=1S/C12H12N2O3/c1-3-16-12(15)10-6-11(17-14-10)9-4-5-13-7-8(9)2/h4-7H,3H2,1-2H3. The number of pyridine rings is 1. The van der Waals surface area contributed by atoms with Crippen LogP contribution in [0.4, 0.5) is 0 Å². The lowest BCUT2D eigenvalue weighted by atomic mass is 10.1. The molecule has 2 aromatic heterocycles. The molecule has 0 unspecified atom stereocenters. The Kier molecular flexibility index (Phi) is 3.18. The zero-order chi connectivity index (χ0) is 12.3. The summed E-state index contributed by atoms with van der Waals surface area (Å²) in [7, 11) is 0. The van der Waals surface area contributed by atoms with Crippen LogP contribution in [0.1, 0.15) is 23.0 Å². The molecule has 0 aromatic carbocycles. The second kappa shape index (κ2) is 4.78. The summed E-state index contributed by atoms with van der Waals surface area (Å²) in [5, 5.41) is 3.68. The summed E-state index contributed by atoms with van der Waals surface area (Å²) < 4.78 is 9.95. The Morgan fingerprint density at radius 2 is 2.35 bits per heavy atom. The molecule has 2 heterocycles. The van der Waals surface area contributed by atoms with Crippen molar-refractivity contribution in [3.8, 4) is 11.3 Å². The van der Waals surface area contributed by atoms with Gasteiger partial charge in [0.05, 0.1) is 6.61 Å². The maximum absolute atomic E-state index is 11.4. The molecule has 0 saturated carbocycles. The minimum atomic E-state index is -0.478. The van der Waals surface area contributed by atoms with Crippen LogP contribution in [0.25, 0.3) is 11.3 Å². The van der Waals surface area contributed by atoms with Crippen molar-refractivity contribution in [3.05, 3.63) is 35.8 Å². The number of hydrogen-bond donors (Lipinski definition) is 0. The molecule has 0 bridgehead atoms. The van der Waals surface area contributed by atoms with Crippen LogP contribution in [0.5, 0.6) is 0 Å². The van der Waals surface area contributed by atoms with Gasteiger partial charge in [-0.15, -0.1) is 0 Å². The van der Waals surface area contributed by atoms with E-state index in [0.717, 1.165) is 11.1 Å². The van der Waals surface area contributed by atoms with E-state index in [1.807, 2.05) is 13.0 Å². The van der Waals surface area contributed by atoms with Gasteiger partial charge in [-0.3, -0.25) is 4.98 Å². The SMILES string of the molecule is CCOC(=O)c1cc(-c2ccncc2C)on1. The molecule has 0 atom stereocenters.